The average molecular weight is 303 g/mol. The van der Waals surface area contributed by atoms with E-state index in [1.165, 1.54) is 0 Å². The molecular weight excluding hydrogens is 278 g/mol. The van der Waals surface area contributed by atoms with Crippen molar-refractivity contribution in [3.8, 4) is 0 Å². The van der Waals surface area contributed by atoms with E-state index in [2.05, 4.69) is 10.6 Å². The number of rotatable bonds is 6. The molecule has 0 aliphatic heterocycles. The SMILES string of the molecule is CCCNC(=O)c1ccc(NC(=O)[C@@H]2CCC[C@@H]2CN)cc1. The molecule has 1 aromatic carbocycles. The number of carbonyl (C=O) groups excluding carboxylic acids is 2. The first-order valence-electron chi connectivity index (χ1n) is 8.05. The first-order valence-corrected chi connectivity index (χ1v) is 8.05. The highest BCUT2D eigenvalue weighted by Gasteiger charge is 2.31. The van der Waals surface area contributed by atoms with E-state index in [1.807, 2.05) is 6.92 Å². The van der Waals surface area contributed by atoms with Crippen molar-refractivity contribution in [3.05, 3.63) is 29.8 Å². The summed E-state index contributed by atoms with van der Waals surface area (Å²) < 4.78 is 0. The number of nitrogens with one attached hydrogen (secondary N) is 2. The van der Waals surface area contributed by atoms with Crippen molar-refractivity contribution in [1.29, 1.82) is 0 Å². The molecule has 0 unspecified atom stereocenters. The van der Waals surface area contributed by atoms with Gasteiger partial charge >= 0.3 is 0 Å². The van der Waals surface area contributed by atoms with E-state index in [0.717, 1.165) is 31.4 Å². The van der Waals surface area contributed by atoms with Crippen molar-refractivity contribution in [1.82, 2.24) is 5.32 Å². The highest BCUT2D eigenvalue weighted by atomic mass is 16.2. The van der Waals surface area contributed by atoms with Crippen LogP contribution in [0.5, 0.6) is 0 Å². The molecule has 1 aromatic rings. The number of hydrogen-bond acceptors (Lipinski definition) is 3. The van der Waals surface area contributed by atoms with Crippen molar-refractivity contribution in [2.24, 2.45) is 17.6 Å². The van der Waals surface area contributed by atoms with Crippen LogP contribution in [-0.4, -0.2) is 24.9 Å². The van der Waals surface area contributed by atoms with Crippen LogP contribution < -0.4 is 16.4 Å². The van der Waals surface area contributed by atoms with E-state index >= 15 is 0 Å². The van der Waals surface area contributed by atoms with E-state index in [0.29, 0.717) is 24.6 Å². The molecule has 0 bridgehead atoms. The van der Waals surface area contributed by atoms with Crippen molar-refractivity contribution in [2.75, 3.05) is 18.4 Å². The van der Waals surface area contributed by atoms with Crippen LogP contribution in [-0.2, 0) is 4.79 Å². The maximum atomic E-state index is 12.3. The summed E-state index contributed by atoms with van der Waals surface area (Å²) >= 11 is 0. The van der Waals surface area contributed by atoms with Gasteiger partial charge in [-0.25, -0.2) is 0 Å². The Morgan fingerprint density at radius 3 is 2.59 bits per heavy atom. The molecule has 1 aliphatic rings. The first kappa shape index (κ1) is 16.5. The Labute approximate surface area is 131 Å². The molecule has 5 heteroatoms. The normalized spacial score (nSPS) is 20.6. The fourth-order valence-electron chi connectivity index (χ4n) is 2.94. The number of carbonyl (C=O) groups is 2. The Morgan fingerprint density at radius 1 is 1.23 bits per heavy atom. The van der Waals surface area contributed by atoms with Gasteiger partial charge in [0.15, 0.2) is 0 Å². The van der Waals surface area contributed by atoms with Crippen molar-refractivity contribution in [2.45, 2.75) is 32.6 Å². The largest absolute Gasteiger partial charge is 0.352 e. The molecule has 0 radical (unpaired) electrons. The number of hydrogen-bond donors (Lipinski definition) is 3. The predicted octanol–water partition coefficient (Wildman–Crippen LogP) is 2.14. The van der Waals surface area contributed by atoms with Gasteiger partial charge in [0, 0.05) is 23.7 Å². The van der Waals surface area contributed by atoms with Crippen LogP contribution in [0.3, 0.4) is 0 Å². The second-order valence-corrected chi connectivity index (χ2v) is 5.86. The molecule has 2 rings (SSSR count). The lowest BCUT2D eigenvalue weighted by Crippen LogP contribution is -2.29. The smallest absolute Gasteiger partial charge is 0.251 e. The van der Waals surface area contributed by atoms with Crippen molar-refractivity contribution in [3.63, 3.8) is 0 Å². The van der Waals surface area contributed by atoms with Gasteiger partial charge in [0.2, 0.25) is 5.91 Å². The highest BCUT2D eigenvalue weighted by Crippen LogP contribution is 2.31. The van der Waals surface area contributed by atoms with E-state index < -0.39 is 0 Å². The second kappa shape index (κ2) is 7.94. The van der Waals surface area contributed by atoms with Gasteiger partial charge in [-0.3, -0.25) is 9.59 Å². The summed E-state index contributed by atoms with van der Waals surface area (Å²) in [4.78, 5) is 24.1. The third kappa shape index (κ3) is 4.07. The lowest BCUT2D eigenvalue weighted by Gasteiger charge is -2.17. The zero-order valence-corrected chi connectivity index (χ0v) is 13.1. The lowest BCUT2D eigenvalue weighted by molar-refractivity contribution is -0.120. The third-order valence-electron chi connectivity index (χ3n) is 4.25. The Morgan fingerprint density at radius 2 is 1.95 bits per heavy atom. The lowest BCUT2D eigenvalue weighted by atomic mass is 9.95. The molecule has 0 heterocycles. The second-order valence-electron chi connectivity index (χ2n) is 5.86. The number of nitrogens with two attached hydrogens (primary N) is 1. The Hall–Kier alpha value is -1.88. The first-order chi connectivity index (χ1) is 10.7. The summed E-state index contributed by atoms with van der Waals surface area (Å²) in [5.41, 5.74) is 7.05. The average Bonchev–Trinajstić information content (AvgIpc) is 3.02. The number of anilines is 1. The van der Waals surface area contributed by atoms with Gasteiger partial charge in [0.05, 0.1) is 0 Å². The van der Waals surface area contributed by atoms with Crippen LogP contribution in [0.2, 0.25) is 0 Å². The van der Waals surface area contributed by atoms with Crippen LogP contribution in [0.15, 0.2) is 24.3 Å². The monoisotopic (exact) mass is 303 g/mol. The van der Waals surface area contributed by atoms with Crippen molar-refractivity contribution >= 4 is 17.5 Å². The maximum Gasteiger partial charge on any atom is 0.251 e. The van der Waals surface area contributed by atoms with Gasteiger partial charge in [-0.05, 0) is 56.0 Å². The summed E-state index contributed by atoms with van der Waals surface area (Å²) in [7, 11) is 0. The molecule has 4 N–H and O–H groups in total. The molecule has 120 valence electrons. The molecule has 0 aromatic heterocycles. The van der Waals surface area contributed by atoms with Crippen LogP contribution in [0, 0.1) is 11.8 Å². The third-order valence-corrected chi connectivity index (χ3v) is 4.25. The highest BCUT2D eigenvalue weighted by molar-refractivity contribution is 5.96. The minimum Gasteiger partial charge on any atom is -0.352 e. The van der Waals surface area contributed by atoms with Crippen LogP contribution in [0.25, 0.3) is 0 Å². The fraction of sp³-hybridized carbons (Fsp3) is 0.529. The molecule has 1 aliphatic carbocycles. The Bertz CT molecular complexity index is 513. The minimum atomic E-state index is -0.0845. The molecule has 5 nitrogen and oxygen atoms in total. The van der Waals surface area contributed by atoms with Crippen LogP contribution in [0.4, 0.5) is 5.69 Å². The number of amides is 2. The molecule has 0 saturated heterocycles. The maximum absolute atomic E-state index is 12.3. The van der Waals surface area contributed by atoms with Gasteiger partial charge in [0.1, 0.15) is 0 Å². The quantitative estimate of drug-likeness (QED) is 0.753. The summed E-state index contributed by atoms with van der Waals surface area (Å²) in [6.07, 6.45) is 3.91. The Kier molecular flexibility index (Phi) is 5.95. The topological polar surface area (TPSA) is 84.2 Å². The zero-order chi connectivity index (χ0) is 15.9. The van der Waals surface area contributed by atoms with E-state index in [9.17, 15) is 9.59 Å². The summed E-state index contributed by atoms with van der Waals surface area (Å²) in [5.74, 6) is 0.256. The summed E-state index contributed by atoms with van der Waals surface area (Å²) in [6, 6.07) is 7.00. The molecule has 1 saturated carbocycles. The molecule has 22 heavy (non-hydrogen) atoms. The van der Waals surface area contributed by atoms with Gasteiger partial charge in [-0.1, -0.05) is 13.3 Å². The fourth-order valence-corrected chi connectivity index (χ4v) is 2.94. The van der Waals surface area contributed by atoms with Crippen LogP contribution >= 0.6 is 0 Å². The standard InChI is InChI=1S/C17H25N3O2/c1-2-10-19-16(21)12-6-8-14(9-7-12)20-17(22)15-5-3-4-13(15)11-18/h6-9,13,15H,2-5,10-11,18H2,1H3,(H,19,21)(H,20,22)/t13-,15-/m1/s1. The molecule has 2 amide bonds. The van der Waals surface area contributed by atoms with E-state index in [4.69, 9.17) is 5.73 Å². The molecule has 1 fully saturated rings. The van der Waals surface area contributed by atoms with E-state index in [1.54, 1.807) is 24.3 Å². The van der Waals surface area contributed by atoms with Gasteiger partial charge in [-0.15, -0.1) is 0 Å². The molecular formula is C17H25N3O2. The van der Waals surface area contributed by atoms with Gasteiger partial charge in [-0.2, -0.15) is 0 Å². The minimum absolute atomic E-state index is 0.0116. The summed E-state index contributed by atoms with van der Waals surface area (Å²) in [5, 5.41) is 5.76. The van der Waals surface area contributed by atoms with E-state index in [-0.39, 0.29) is 17.7 Å². The number of benzene rings is 1. The van der Waals surface area contributed by atoms with Crippen molar-refractivity contribution < 1.29 is 9.59 Å². The molecule has 0 spiro atoms. The van der Waals surface area contributed by atoms with Gasteiger partial charge in [0.25, 0.3) is 5.91 Å². The Balaban J connectivity index is 1.93. The van der Waals surface area contributed by atoms with Crippen LogP contribution in [0.1, 0.15) is 43.0 Å². The molecule has 2 atom stereocenters. The summed E-state index contributed by atoms with van der Waals surface area (Å²) in [6.45, 7) is 3.24. The zero-order valence-electron chi connectivity index (χ0n) is 13.1. The predicted molar refractivity (Wildman–Crippen MR) is 87.6 cm³/mol. The van der Waals surface area contributed by atoms with Gasteiger partial charge < -0.3 is 16.4 Å².